The molecule has 2 rings (SSSR count). The molecule has 0 spiro atoms. The molecule has 7 heteroatoms. The molecule has 1 N–H and O–H groups in total. The average molecular weight is 344 g/mol. The van der Waals surface area contributed by atoms with Crippen LogP contribution in [0.5, 0.6) is 5.75 Å². The third kappa shape index (κ3) is 6.06. The second-order valence-electron chi connectivity index (χ2n) is 4.87. The number of hydrogen-bond donors (Lipinski definition) is 1. The van der Waals surface area contributed by atoms with E-state index in [2.05, 4.69) is 10.5 Å². The molecule has 6 nitrogen and oxygen atoms in total. The Morgan fingerprint density at radius 3 is 2.44 bits per heavy atom. The van der Waals surface area contributed by atoms with E-state index in [0.29, 0.717) is 17.9 Å². The maximum atomic E-state index is 12.8. The van der Waals surface area contributed by atoms with Crippen LogP contribution in [-0.4, -0.2) is 31.3 Å². The number of nitrogens with zero attached hydrogens (tertiary/aromatic N) is 1. The van der Waals surface area contributed by atoms with Gasteiger partial charge in [0, 0.05) is 5.56 Å². The molecule has 2 aromatic rings. The van der Waals surface area contributed by atoms with Crippen LogP contribution >= 0.6 is 0 Å². The van der Waals surface area contributed by atoms with Crippen LogP contribution in [0.15, 0.2) is 53.6 Å². The Kier molecular flexibility index (Phi) is 6.65. The molecule has 0 aromatic heterocycles. The molecule has 0 aliphatic heterocycles. The largest absolute Gasteiger partial charge is 0.482 e. The summed E-state index contributed by atoms with van der Waals surface area (Å²) in [5, 5.41) is 3.84. The van der Waals surface area contributed by atoms with Crippen LogP contribution in [0.25, 0.3) is 0 Å². The highest BCUT2D eigenvalue weighted by molar-refractivity contribution is 5.94. The van der Waals surface area contributed by atoms with Gasteiger partial charge in [-0.25, -0.2) is 14.6 Å². The van der Waals surface area contributed by atoms with Crippen LogP contribution < -0.4 is 10.2 Å². The van der Waals surface area contributed by atoms with Crippen LogP contribution in [0, 0.1) is 5.82 Å². The van der Waals surface area contributed by atoms with E-state index in [1.54, 1.807) is 31.2 Å². The Labute approximate surface area is 144 Å². The zero-order valence-electron chi connectivity index (χ0n) is 13.6. The predicted molar refractivity (Wildman–Crippen MR) is 90.0 cm³/mol. The van der Waals surface area contributed by atoms with Crippen LogP contribution in [0.1, 0.15) is 22.8 Å². The summed E-state index contributed by atoms with van der Waals surface area (Å²) in [6, 6.07) is 11.9. The molecule has 0 unspecified atom stereocenters. The first-order valence-electron chi connectivity index (χ1n) is 7.56. The van der Waals surface area contributed by atoms with Gasteiger partial charge in [-0.3, -0.25) is 4.79 Å². The zero-order valence-corrected chi connectivity index (χ0v) is 13.6. The molecule has 0 radical (unpaired) electrons. The molecule has 0 aliphatic rings. The number of halogens is 1. The summed E-state index contributed by atoms with van der Waals surface area (Å²) in [5.74, 6) is -0.770. The molecule has 0 bridgehead atoms. The fourth-order valence-corrected chi connectivity index (χ4v) is 1.83. The second kappa shape index (κ2) is 9.17. The van der Waals surface area contributed by atoms with Gasteiger partial charge < -0.3 is 9.47 Å². The number of esters is 1. The molecular weight excluding hydrogens is 327 g/mol. The Morgan fingerprint density at radius 2 is 1.80 bits per heavy atom. The molecule has 25 heavy (non-hydrogen) atoms. The van der Waals surface area contributed by atoms with Crippen molar-refractivity contribution in [2.75, 3.05) is 13.2 Å². The van der Waals surface area contributed by atoms with Crippen molar-refractivity contribution in [3.05, 3.63) is 65.5 Å². The molecular formula is C18H17FN2O4. The molecule has 0 saturated heterocycles. The minimum absolute atomic E-state index is 0.158. The number of hydrogen-bond acceptors (Lipinski definition) is 5. The van der Waals surface area contributed by atoms with Crippen molar-refractivity contribution in [3.63, 3.8) is 0 Å². The minimum atomic E-state index is -0.439. The molecule has 0 atom stereocenters. The summed E-state index contributed by atoms with van der Waals surface area (Å²) < 4.78 is 22.8. The Hall–Kier alpha value is -3.22. The standard InChI is InChI=1S/C18H17FN2O4/c1-2-24-17(22)12-25-16-9-3-13(4-10-16)11-20-21-18(23)14-5-7-15(19)8-6-14/h3-11H,2,12H2,1H3,(H,21,23)/b20-11-. The van der Waals surface area contributed by atoms with E-state index in [0.717, 1.165) is 5.56 Å². The van der Waals surface area contributed by atoms with E-state index in [-0.39, 0.29) is 6.61 Å². The van der Waals surface area contributed by atoms with Gasteiger partial charge in [0.25, 0.3) is 5.91 Å². The molecule has 0 fully saturated rings. The molecule has 0 heterocycles. The van der Waals surface area contributed by atoms with Gasteiger partial charge in [-0.15, -0.1) is 0 Å². The molecule has 2 aromatic carbocycles. The van der Waals surface area contributed by atoms with Gasteiger partial charge in [-0.1, -0.05) is 0 Å². The van der Waals surface area contributed by atoms with E-state index in [4.69, 9.17) is 9.47 Å². The van der Waals surface area contributed by atoms with E-state index in [1.165, 1.54) is 30.5 Å². The van der Waals surface area contributed by atoms with Crippen LogP contribution in [0.3, 0.4) is 0 Å². The topological polar surface area (TPSA) is 77.0 Å². The van der Waals surface area contributed by atoms with Gasteiger partial charge >= 0.3 is 5.97 Å². The highest BCUT2D eigenvalue weighted by Crippen LogP contribution is 2.11. The van der Waals surface area contributed by atoms with Crippen molar-refractivity contribution in [1.82, 2.24) is 5.43 Å². The summed E-state index contributed by atoms with van der Waals surface area (Å²) in [6.07, 6.45) is 1.45. The second-order valence-corrected chi connectivity index (χ2v) is 4.87. The number of carbonyl (C=O) groups excluding carboxylic acids is 2. The van der Waals surface area contributed by atoms with Gasteiger partial charge in [-0.05, 0) is 61.0 Å². The highest BCUT2D eigenvalue weighted by atomic mass is 19.1. The first-order chi connectivity index (χ1) is 12.1. The summed E-state index contributed by atoms with van der Waals surface area (Å²) >= 11 is 0. The lowest BCUT2D eigenvalue weighted by molar-refractivity contribution is -0.145. The fourth-order valence-electron chi connectivity index (χ4n) is 1.83. The monoisotopic (exact) mass is 344 g/mol. The van der Waals surface area contributed by atoms with Crippen LogP contribution in [0.2, 0.25) is 0 Å². The lowest BCUT2D eigenvalue weighted by Crippen LogP contribution is -2.17. The normalized spacial score (nSPS) is 10.5. The van der Waals surface area contributed by atoms with Gasteiger partial charge in [0.15, 0.2) is 6.61 Å². The molecule has 0 saturated carbocycles. The van der Waals surface area contributed by atoms with E-state index < -0.39 is 17.7 Å². The minimum Gasteiger partial charge on any atom is -0.482 e. The number of hydrazone groups is 1. The first-order valence-corrected chi connectivity index (χ1v) is 7.56. The van der Waals surface area contributed by atoms with Crippen molar-refractivity contribution < 1.29 is 23.5 Å². The van der Waals surface area contributed by atoms with Crippen molar-refractivity contribution in [2.24, 2.45) is 5.10 Å². The third-order valence-corrected chi connectivity index (χ3v) is 3.03. The van der Waals surface area contributed by atoms with E-state index in [9.17, 15) is 14.0 Å². The summed E-state index contributed by atoms with van der Waals surface area (Å²) in [7, 11) is 0. The molecule has 1 amide bonds. The lowest BCUT2D eigenvalue weighted by Gasteiger charge is -2.05. The molecule has 130 valence electrons. The third-order valence-electron chi connectivity index (χ3n) is 3.03. The predicted octanol–water partition coefficient (Wildman–Crippen LogP) is 2.53. The lowest BCUT2D eigenvalue weighted by atomic mass is 10.2. The van der Waals surface area contributed by atoms with Crippen molar-refractivity contribution in [2.45, 2.75) is 6.92 Å². The highest BCUT2D eigenvalue weighted by Gasteiger charge is 2.04. The zero-order chi connectivity index (χ0) is 18.1. The van der Waals surface area contributed by atoms with Gasteiger partial charge in [0.2, 0.25) is 0 Å². The Bertz CT molecular complexity index is 743. The average Bonchev–Trinajstić information content (AvgIpc) is 2.62. The SMILES string of the molecule is CCOC(=O)COc1ccc(/C=N\NC(=O)c2ccc(F)cc2)cc1. The van der Waals surface area contributed by atoms with Gasteiger partial charge in [0.05, 0.1) is 12.8 Å². The van der Waals surface area contributed by atoms with E-state index in [1.807, 2.05) is 0 Å². The maximum absolute atomic E-state index is 12.8. The Morgan fingerprint density at radius 1 is 1.12 bits per heavy atom. The van der Waals surface area contributed by atoms with Crippen LogP contribution in [-0.2, 0) is 9.53 Å². The number of nitrogens with one attached hydrogen (secondary N) is 1. The van der Waals surface area contributed by atoms with Crippen LogP contribution in [0.4, 0.5) is 4.39 Å². The summed E-state index contributed by atoms with van der Waals surface area (Å²) in [6.45, 7) is 1.87. The number of amides is 1. The van der Waals surface area contributed by atoms with E-state index >= 15 is 0 Å². The summed E-state index contributed by atoms with van der Waals surface area (Å²) in [5.41, 5.74) is 3.38. The number of rotatable bonds is 7. The van der Waals surface area contributed by atoms with Crippen molar-refractivity contribution in [3.8, 4) is 5.75 Å². The molecule has 0 aliphatic carbocycles. The summed E-state index contributed by atoms with van der Waals surface area (Å²) in [4.78, 5) is 23.0. The fraction of sp³-hybridized carbons (Fsp3) is 0.167. The van der Waals surface area contributed by atoms with Crippen molar-refractivity contribution >= 4 is 18.1 Å². The number of carbonyl (C=O) groups is 2. The number of benzene rings is 2. The van der Waals surface area contributed by atoms with Crippen molar-refractivity contribution in [1.29, 1.82) is 0 Å². The first kappa shape index (κ1) is 18.1. The number of ether oxygens (including phenoxy) is 2. The maximum Gasteiger partial charge on any atom is 0.344 e. The Balaban J connectivity index is 1.83. The van der Waals surface area contributed by atoms with Gasteiger partial charge in [0.1, 0.15) is 11.6 Å². The smallest absolute Gasteiger partial charge is 0.344 e. The van der Waals surface area contributed by atoms with Gasteiger partial charge in [-0.2, -0.15) is 5.10 Å². The quantitative estimate of drug-likeness (QED) is 0.476.